The fraction of sp³-hybridized carbons (Fsp3) is 0.417. The van der Waals surface area contributed by atoms with E-state index >= 15 is 0 Å². The standard InChI is InChI=1S/C12H16O3S/c1-3-10(12(13)14-2)6-7-15-9-11-5-4-8-16-11/h4-6,8H,3,7,9H2,1-2H3. The number of ether oxygens (including phenoxy) is 2. The summed E-state index contributed by atoms with van der Waals surface area (Å²) in [6.07, 6.45) is 2.44. The van der Waals surface area contributed by atoms with Crippen molar-refractivity contribution in [2.24, 2.45) is 0 Å². The molecule has 0 unspecified atom stereocenters. The van der Waals surface area contributed by atoms with Crippen LogP contribution in [0.5, 0.6) is 0 Å². The summed E-state index contributed by atoms with van der Waals surface area (Å²) in [7, 11) is 1.39. The van der Waals surface area contributed by atoms with Crippen molar-refractivity contribution < 1.29 is 14.3 Å². The van der Waals surface area contributed by atoms with Crippen molar-refractivity contribution in [3.63, 3.8) is 0 Å². The van der Waals surface area contributed by atoms with Crippen LogP contribution in [0, 0.1) is 0 Å². The molecule has 0 saturated heterocycles. The number of methoxy groups -OCH3 is 1. The van der Waals surface area contributed by atoms with E-state index < -0.39 is 0 Å². The lowest BCUT2D eigenvalue weighted by Crippen LogP contribution is -2.05. The SMILES string of the molecule is CCC(=CCOCc1cccs1)C(=O)OC. The van der Waals surface area contributed by atoms with Crippen molar-refractivity contribution in [2.45, 2.75) is 20.0 Å². The second kappa shape index (κ2) is 7.19. The van der Waals surface area contributed by atoms with Crippen LogP contribution in [0.25, 0.3) is 0 Å². The monoisotopic (exact) mass is 240 g/mol. The molecule has 0 saturated carbocycles. The molecule has 0 atom stereocenters. The zero-order chi connectivity index (χ0) is 11.8. The van der Waals surface area contributed by atoms with Gasteiger partial charge in [-0.15, -0.1) is 11.3 Å². The van der Waals surface area contributed by atoms with E-state index in [4.69, 9.17) is 4.74 Å². The lowest BCUT2D eigenvalue weighted by molar-refractivity contribution is -0.136. The van der Waals surface area contributed by atoms with Crippen molar-refractivity contribution in [1.29, 1.82) is 0 Å². The van der Waals surface area contributed by atoms with Gasteiger partial charge in [0.05, 0.1) is 20.3 Å². The molecule has 88 valence electrons. The summed E-state index contributed by atoms with van der Waals surface area (Å²) in [5.41, 5.74) is 0.661. The van der Waals surface area contributed by atoms with Crippen LogP contribution in [-0.4, -0.2) is 19.7 Å². The Hall–Kier alpha value is -1.13. The lowest BCUT2D eigenvalue weighted by atomic mass is 10.2. The minimum atomic E-state index is -0.276. The molecule has 1 rings (SSSR count). The highest BCUT2D eigenvalue weighted by Crippen LogP contribution is 2.10. The number of hydrogen-bond acceptors (Lipinski definition) is 4. The minimum absolute atomic E-state index is 0.276. The van der Waals surface area contributed by atoms with Gasteiger partial charge < -0.3 is 9.47 Å². The van der Waals surface area contributed by atoms with Crippen molar-refractivity contribution in [2.75, 3.05) is 13.7 Å². The highest BCUT2D eigenvalue weighted by atomic mass is 32.1. The molecule has 0 N–H and O–H groups in total. The largest absolute Gasteiger partial charge is 0.466 e. The van der Waals surface area contributed by atoms with E-state index in [0.717, 1.165) is 0 Å². The summed E-state index contributed by atoms with van der Waals surface area (Å²) in [6, 6.07) is 4.01. The molecule has 0 fully saturated rings. The normalized spacial score (nSPS) is 11.5. The fourth-order valence-electron chi connectivity index (χ4n) is 1.22. The molecular weight excluding hydrogens is 224 g/mol. The first-order valence-corrected chi connectivity index (χ1v) is 6.03. The van der Waals surface area contributed by atoms with Gasteiger partial charge in [0.1, 0.15) is 0 Å². The number of thiophene rings is 1. The number of carbonyl (C=O) groups is 1. The topological polar surface area (TPSA) is 35.5 Å². The molecule has 0 bridgehead atoms. The Labute approximate surface area is 99.7 Å². The maximum Gasteiger partial charge on any atom is 0.333 e. The highest BCUT2D eigenvalue weighted by Gasteiger charge is 2.05. The Morgan fingerprint density at radius 3 is 2.94 bits per heavy atom. The smallest absolute Gasteiger partial charge is 0.333 e. The van der Waals surface area contributed by atoms with E-state index in [9.17, 15) is 4.79 Å². The minimum Gasteiger partial charge on any atom is -0.466 e. The van der Waals surface area contributed by atoms with Crippen LogP contribution in [0.1, 0.15) is 18.2 Å². The van der Waals surface area contributed by atoms with Crippen LogP contribution in [0.2, 0.25) is 0 Å². The van der Waals surface area contributed by atoms with Crippen molar-refractivity contribution in [3.05, 3.63) is 34.0 Å². The molecule has 16 heavy (non-hydrogen) atoms. The van der Waals surface area contributed by atoms with E-state index in [-0.39, 0.29) is 5.97 Å². The molecule has 4 heteroatoms. The molecule has 0 aliphatic carbocycles. The predicted molar refractivity (Wildman–Crippen MR) is 64.4 cm³/mol. The highest BCUT2D eigenvalue weighted by molar-refractivity contribution is 7.09. The van der Waals surface area contributed by atoms with E-state index in [1.807, 2.05) is 24.4 Å². The van der Waals surface area contributed by atoms with Gasteiger partial charge in [-0.05, 0) is 23.9 Å². The Balaban J connectivity index is 2.32. The predicted octanol–water partition coefficient (Wildman–Crippen LogP) is 2.77. The molecule has 0 aromatic carbocycles. The average molecular weight is 240 g/mol. The van der Waals surface area contributed by atoms with E-state index in [1.165, 1.54) is 12.0 Å². The molecule has 0 spiro atoms. The summed E-state index contributed by atoms with van der Waals surface area (Å²) in [6.45, 7) is 2.95. The average Bonchev–Trinajstić information content (AvgIpc) is 2.81. The molecule has 3 nitrogen and oxygen atoms in total. The van der Waals surface area contributed by atoms with Crippen molar-refractivity contribution in [1.82, 2.24) is 0 Å². The Bertz CT molecular complexity index is 341. The van der Waals surface area contributed by atoms with Gasteiger partial charge in [0.15, 0.2) is 0 Å². The summed E-state index contributed by atoms with van der Waals surface area (Å²) < 4.78 is 10.1. The quantitative estimate of drug-likeness (QED) is 0.436. The van der Waals surface area contributed by atoms with Crippen LogP contribution in [0.3, 0.4) is 0 Å². The maximum absolute atomic E-state index is 11.2. The first kappa shape index (κ1) is 12.9. The molecule has 1 aromatic heterocycles. The number of rotatable bonds is 6. The summed E-state index contributed by atoms with van der Waals surface area (Å²) >= 11 is 1.66. The van der Waals surface area contributed by atoms with Crippen molar-refractivity contribution in [3.8, 4) is 0 Å². The molecule has 1 heterocycles. The van der Waals surface area contributed by atoms with Gasteiger partial charge in [-0.3, -0.25) is 0 Å². The third-order valence-corrected chi connectivity index (χ3v) is 2.95. The molecular formula is C12H16O3S. The maximum atomic E-state index is 11.2. The van der Waals surface area contributed by atoms with Crippen LogP contribution < -0.4 is 0 Å². The van der Waals surface area contributed by atoms with Crippen LogP contribution >= 0.6 is 11.3 Å². The number of hydrogen-bond donors (Lipinski definition) is 0. The van der Waals surface area contributed by atoms with Gasteiger partial charge in [-0.25, -0.2) is 4.79 Å². The summed E-state index contributed by atoms with van der Waals surface area (Å²) in [5, 5.41) is 2.01. The van der Waals surface area contributed by atoms with Crippen molar-refractivity contribution >= 4 is 17.3 Å². The van der Waals surface area contributed by atoms with Gasteiger partial charge in [-0.2, -0.15) is 0 Å². The first-order chi connectivity index (χ1) is 7.77. The summed E-state index contributed by atoms with van der Waals surface area (Å²) in [5.74, 6) is -0.276. The van der Waals surface area contributed by atoms with Gasteiger partial charge in [-0.1, -0.05) is 13.0 Å². The van der Waals surface area contributed by atoms with Crippen LogP contribution in [0.15, 0.2) is 29.2 Å². The third-order valence-electron chi connectivity index (χ3n) is 2.10. The molecule has 1 aromatic rings. The molecule has 0 radical (unpaired) electrons. The Kier molecular flexibility index (Phi) is 5.82. The fourth-order valence-corrected chi connectivity index (χ4v) is 1.86. The number of carbonyl (C=O) groups excluding carboxylic acids is 1. The third kappa shape index (κ3) is 4.16. The zero-order valence-electron chi connectivity index (χ0n) is 9.56. The molecule has 0 amide bonds. The second-order valence-corrected chi connectivity index (χ2v) is 4.20. The summed E-state index contributed by atoms with van der Waals surface area (Å²) in [4.78, 5) is 12.4. The first-order valence-electron chi connectivity index (χ1n) is 5.15. The number of esters is 1. The Morgan fingerprint density at radius 2 is 2.38 bits per heavy atom. The molecule has 0 aliphatic rings. The van der Waals surface area contributed by atoms with Gasteiger partial charge in [0, 0.05) is 10.5 Å². The van der Waals surface area contributed by atoms with Crippen LogP contribution in [0.4, 0.5) is 0 Å². The van der Waals surface area contributed by atoms with E-state index in [0.29, 0.717) is 25.2 Å². The Morgan fingerprint density at radius 1 is 1.56 bits per heavy atom. The molecule has 0 aliphatic heterocycles. The van der Waals surface area contributed by atoms with E-state index in [1.54, 1.807) is 17.4 Å². The lowest BCUT2D eigenvalue weighted by Gasteiger charge is -2.02. The van der Waals surface area contributed by atoms with E-state index in [2.05, 4.69) is 4.74 Å². The zero-order valence-corrected chi connectivity index (χ0v) is 10.4. The van der Waals surface area contributed by atoms with Gasteiger partial charge in [0.2, 0.25) is 0 Å². The second-order valence-electron chi connectivity index (χ2n) is 3.17. The van der Waals surface area contributed by atoms with Gasteiger partial charge >= 0.3 is 5.97 Å². The van der Waals surface area contributed by atoms with Gasteiger partial charge in [0.25, 0.3) is 0 Å². The van der Waals surface area contributed by atoms with Crippen LogP contribution in [-0.2, 0) is 20.9 Å².